The second-order valence-corrected chi connectivity index (χ2v) is 5.63. The van der Waals surface area contributed by atoms with Crippen LogP contribution in [0.15, 0.2) is 29.4 Å². The Morgan fingerprint density at radius 1 is 1.47 bits per heavy atom. The van der Waals surface area contributed by atoms with Gasteiger partial charge in [0, 0.05) is 25.5 Å². The molecule has 1 rings (SSSR count). The average Bonchev–Trinajstić information content (AvgIpc) is 2.29. The summed E-state index contributed by atoms with van der Waals surface area (Å²) < 4.78 is 31.3. The zero-order chi connectivity index (χ0) is 12.7. The molecule has 0 amide bonds. The lowest BCUT2D eigenvalue weighted by Crippen LogP contribution is -2.25. The zero-order valence-electron chi connectivity index (χ0n) is 10.1. The van der Waals surface area contributed by atoms with Crippen molar-refractivity contribution in [3.8, 4) is 0 Å². The Balaban J connectivity index is 2.36. The van der Waals surface area contributed by atoms with Crippen LogP contribution >= 0.6 is 0 Å². The van der Waals surface area contributed by atoms with Gasteiger partial charge in [-0.15, -0.1) is 0 Å². The molecule has 6 heteroatoms. The molecular formula is C11H18N2O3S. The Kier molecular flexibility index (Phi) is 5.54. The molecule has 0 aliphatic rings. The molecule has 0 saturated carbocycles. The van der Waals surface area contributed by atoms with Crippen molar-refractivity contribution in [2.45, 2.75) is 31.3 Å². The molecule has 0 fully saturated rings. The van der Waals surface area contributed by atoms with Crippen molar-refractivity contribution >= 4 is 10.0 Å². The third kappa shape index (κ3) is 5.25. The average molecular weight is 258 g/mol. The van der Waals surface area contributed by atoms with E-state index in [0.29, 0.717) is 19.6 Å². The molecule has 0 atom stereocenters. The molecule has 0 bridgehead atoms. The highest BCUT2D eigenvalue weighted by molar-refractivity contribution is 7.89. The number of sulfonamides is 1. The van der Waals surface area contributed by atoms with Gasteiger partial charge in [0.1, 0.15) is 4.90 Å². The monoisotopic (exact) mass is 258 g/mol. The smallest absolute Gasteiger partial charge is 0.242 e. The van der Waals surface area contributed by atoms with E-state index >= 15 is 0 Å². The van der Waals surface area contributed by atoms with E-state index in [-0.39, 0.29) is 11.0 Å². The number of aromatic nitrogens is 1. The molecule has 1 N–H and O–H groups in total. The maximum Gasteiger partial charge on any atom is 0.242 e. The van der Waals surface area contributed by atoms with E-state index in [2.05, 4.69) is 9.71 Å². The lowest BCUT2D eigenvalue weighted by Gasteiger charge is -2.08. The molecular weight excluding hydrogens is 240 g/mol. The first-order valence-electron chi connectivity index (χ1n) is 5.53. The van der Waals surface area contributed by atoms with E-state index in [4.69, 9.17) is 4.74 Å². The third-order valence-corrected chi connectivity index (χ3v) is 3.46. The van der Waals surface area contributed by atoms with Gasteiger partial charge in [-0.1, -0.05) is 0 Å². The fourth-order valence-corrected chi connectivity index (χ4v) is 2.22. The number of ether oxygens (including phenoxy) is 1. The summed E-state index contributed by atoms with van der Waals surface area (Å²) in [4.78, 5) is 3.96. The van der Waals surface area contributed by atoms with Crippen LogP contribution < -0.4 is 4.72 Å². The Bertz CT molecular complexity index is 418. The first-order chi connectivity index (χ1) is 8.02. The maximum absolute atomic E-state index is 11.7. The predicted octanol–water partition coefficient (Wildman–Crippen LogP) is 1.18. The van der Waals surface area contributed by atoms with Crippen molar-refractivity contribution in [3.63, 3.8) is 0 Å². The Hall–Kier alpha value is -0.980. The number of hydrogen-bond acceptors (Lipinski definition) is 4. The minimum atomic E-state index is -3.43. The van der Waals surface area contributed by atoms with Crippen LogP contribution in [-0.4, -0.2) is 32.7 Å². The summed E-state index contributed by atoms with van der Waals surface area (Å²) in [5, 5.41) is 0. The largest absolute Gasteiger partial charge is 0.379 e. The van der Waals surface area contributed by atoms with Crippen LogP contribution in [0.2, 0.25) is 0 Å². The van der Waals surface area contributed by atoms with Gasteiger partial charge in [0.25, 0.3) is 0 Å². The predicted molar refractivity (Wildman–Crippen MR) is 65.1 cm³/mol. The molecule has 0 aromatic carbocycles. The second kappa shape index (κ2) is 6.68. The molecule has 0 saturated heterocycles. The molecule has 0 radical (unpaired) electrons. The first-order valence-corrected chi connectivity index (χ1v) is 7.02. The van der Waals surface area contributed by atoms with Gasteiger partial charge in [-0.2, -0.15) is 0 Å². The Morgan fingerprint density at radius 3 is 2.82 bits per heavy atom. The maximum atomic E-state index is 11.7. The fourth-order valence-electron chi connectivity index (χ4n) is 1.19. The number of rotatable bonds is 7. The molecule has 0 unspecified atom stereocenters. The van der Waals surface area contributed by atoms with Gasteiger partial charge in [-0.3, -0.25) is 4.98 Å². The normalized spacial score (nSPS) is 11.9. The van der Waals surface area contributed by atoms with Crippen molar-refractivity contribution in [1.82, 2.24) is 9.71 Å². The van der Waals surface area contributed by atoms with E-state index in [1.807, 2.05) is 13.8 Å². The molecule has 0 aliphatic carbocycles. The van der Waals surface area contributed by atoms with Gasteiger partial charge in [0.05, 0.1) is 6.10 Å². The Morgan fingerprint density at radius 2 is 2.24 bits per heavy atom. The van der Waals surface area contributed by atoms with Crippen molar-refractivity contribution in [1.29, 1.82) is 0 Å². The summed E-state index contributed by atoms with van der Waals surface area (Å²) in [6.45, 7) is 4.80. The highest BCUT2D eigenvalue weighted by atomic mass is 32.2. The van der Waals surface area contributed by atoms with E-state index < -0.39 is 10.0 Å². The number of nitrogens with one attached hydrogen (secondary N) is 1. The van der Waals surface area contributed by atoms with Crippen LogP contribution in [0.1, 0.15) is 20.3 Å². The molecule has 5 nitrogen and oxygen atoms in total. The summed E-state index contributed by atoms with van der Waals surface area (Å²) >= 11 is 0. The third-order valence-electron chi connectivity index (χ3n) is 2.01. The van der Waals surface area contributed by atoms with E-state index in [1.54, 1.807) is 6.07 Å². The summed E-state index contributed by atoms with van der Waals surface area (Å²) in [6, 6.07) is 3.11. The van der Waals surface area contributed by atoms with E-state index in [0.717, 1.165) is 0 Å². The van der Waals surface area contributed by atoms with Gasteiger partial charge in [0.15, 0.2) is 0 Å². The number of hydrogen-bond donors (Lipinski definition) is 1. The van der Waals surface area contributed by atoms with Crippen molar-refractivity contribution in [2.24, 2.45) is 0 Å². The van der Waals surface area contributed by atoms with Gasteiger partial charge >= 0.3 is 0 Å². The standard InChI is InChI=1S/C11H18N2O3S/c1-10(2)16-8-4-7-13-17(14,15)11-5-3-6-12-9-11/h3,5-6,9-10,13H,4,7-8H2,1-2H3. The molecule has 17 heavy (non-hydrogen) atoms. The minimum Gasteiger partial charge on any atom is -0.379 e. The lowest BCUT2D eigenvalue weighted by atomic mass is 10.4. The van der Waals surface area contributed by atoms with E-state index in [9.17, 15) is 8.42 Å². The quantitative estimate of drug-likeness (QED) is 0.746. The minimum absolute atomic E-state index is 0.171. The van der Waals surface area contributed by atoms with Gasteiger partial charge in [-0.05, 0) is 32.4 Å². The molecule has 0 spiro atoms. The van der Waals surface area contributed by atoms with Crippen molar-refractivity contribution in [2.75, 3.05) is 13.2 Å². The van der Waals surface area contributed by atoms with Gasteiger partial charge < -0.3 is 4.74 Å². The molecule has 96 valence electrons. The summed E-state index contributed by atoms with van der Waals surface area (Å²) in [5.74, 6) is 0. The zero-order valence-corrected chi connectivity index (χ0v) is 10.9. The number of pyridine rings is 1. The first kappa shape index (κ1) is 14.1. The second-order valence-electron chi connectivity index (χ2n) is 3.86. The fraction of sp³-hybridized carbons (Fsp3) is 0.545. The van der Waals surface area contributed by atoms with Crippen LogP contribution in [0.4, 0.5) is 0 Å². The van der Waals surface area contributed by atoms with Crippen LogP contribution in [0.3, 0.4) is 0 Å². The van der Waals surface area contributed by atoms with Gasteiger partial charge in [-0.25, -0.2) is 13.1 Å². The Labute approximate surface area is 102 Å². The molecule has 0 aliphatic heterocycles. The van der Waals surface area contributed by atoms with Crippen molar-refractivity contribution in [3.05, 3.63) is 24.5 Å². The SMILES string of the molecule is CC(C)OCCCNS(=O)(=O)c1cccnc1. The summed E-state index contributed by atoms with van der Waals surface area (Å²) in [7, 11) is -3.43. The highest BCUT2D eigenvalue weighted by Gasteiger charge is 2.12. The van der Waals surface area contributed by atoms with Crippen LogP contribution in [-0.2, 0) is 14.8 Å². The van der Waals surface area contributed by atoms with Crippen molar-refractivity contribution < 1.29 is 13.2 Å². The number of nitrogens with zero attached hydrogens (tertiary/aromatic N) is 1. The topological polar surface area (TPSA) is 68.3 Å². The highest BCUT2D eigenvalue weighted by Crippen LogP contribution is 2.04. The van der Waals surface area contributed by atoms with E-state index in [1.165, 1.54) is 18.5 Å². The van der Waals surface area contributed by atoms with Gasteiger partial charge in [0.2, 0.25) is 10.0 Å². The van der Waals surface area contributed by atoms with Crippen LogP contribution in [0, 0.1) is 0 Å². The lowest BCUT2D eigenvalue weighted by molar-refractivity contribution is 0.0778. The van der Waals surface area contributed by atoms with Crippen LogP contribution in [0.25, 0.3) is 0 Å². The molecule has 1 heterocycles. The van der Waals surface area contributed by atoms with Crippen LogP contribution in [0.5, 0.6) is 0 Å². The molecule has 1 aromatic heterocycles. The summed E-state index contributed by atoms with van der Waals surface area (Å²) in [5.41, 5.74) is 0. The molecule has 1 aromatic rings. The summed E-state index contributed by atoms with van der Waals surface area (Å²) in [6.07, 6.45) is 3.69.